The second kappa shape index (κ2) is 8.41. The first kappa shape index (κ1) is 20.7. The Morgan fingerprint density at radius 1 is 1.09 bits per heavy atom. The van der Waals surface area contributed by atoms with E-state index < -0.39 is 0 Å². The number of hydrogen-bond acceptors (Lipinski definition) is 5. The number of amides is 1. The number of aromatic nitrogens is 3. The topological polar surface area (TPSA) is 78.3 Å². The zero-order valence-corrected chi connectivity index (χ0v) is 18.8. The summed E-state index contributed by atoms with van der Waals surface area (Å²) >= 11 is 6.06. The number of aromatic amines is 1. The summed E-state index contributed by atoms with van der Waals surface area (Å²) in [6, 6.07) is 15.5. The normalized spacial score (nSPS) is 15.9. The molecule has 2 aromatic carbocycles. The molecular weight excluding hydrogens is 426 g/mol. The second-order valence-corrected chi connectivity index (χ2v) is 8.68. The van der Waals surface area contributed by atoms with E-state index >= 15 is 0 Å². The molecule has 3 heterocycles. The molecule has 0 saturated carbocycles. The van der Waals surface area contributed by atoms with E-state index in [4.69, 9.17) is 16.1 Å². The Hall–Kier alpha value is -3.16. The number of hydrogen-bond donors (Lipinski definition) is 1. The molecule has 1 fully saturated rings. The lowest BCUT2D eigenvalue weighted by molar-refractivity contribution is 0.0547. The Morgan fingerprint density at radius 2 is 1.84 bits per heavy atom. The standard InChI is InChI=1S/C24H24ClN5O2/c1-15-3-5-17(6-4-15)22-27-23(32-28-22)16(2)29-9-11-30(12-10-29)24(31)21-14-18-13-19(25)7-8-20(18)26-21/h3-8,13-14,16,26H,9-12H2,1-2H3. The largest absolute Gasteiger partial charge is 0.351 e. The molecule has 0 aliphatic carbocycles. The number of carbonyl (C=O) groups is 1. The van der Waals surface area contributed by atoms with Gasteiger partial charge in [0.05, 0.1) is 6.04 Å². The summed E-state index contributed by atoms with van der Waals surface area (Å²) in [5, 5.41) is 5.75. The molecule has 1 unspecified atom stereocenters. The van der Waals surface area contributed by atoms with E-state index in [2.05, 4.69) is 26.9 Å². The van der Waals surface area contributed by atoms with Gasteiger partial charge >= 0.3 is 0 Å². The van der Waals surface area contributed by atoms with Crippen molar-refractivity contribution in [3.63, 3.8) is 0 Å². The molecular formula is C24H24ClN5O2. The first-order valence-electron chi connectivity index (χ1n) is 10.7. The number of piperazine rings is 1. The molecule has 1 aliphatic heterocycles. The number of rotatable bonds is 4. The molecule has 0 bridgehead atoms. The van der Waals surface area contributed by atoms with E-state index in [0.717, 1.165) is 29.6 Å². The number of benzene rings is 2. The molecule has 2 aromatic heterocycles. The van der Waals surface area contributed by atoms with Crippen LogP contribution in [0.2, 0.25) is 5.02 Å². The minimum Gasteiger partial charge on any atom is -0.351 e. The van der Waals surface area contributed by atoms with Crippen molar-refractivity contribution in [2.45, 2.75) is 19.9 Å². The van der Waals surface area contributed by atoms with Crippen LogP contribution in [0.4, 0.5) is 0 Å². The third-order valence-electron chi connectivity index (χ3n) is 6.07. The van der Waals surface area contributed by atoms with Gasteiger partial charge in [0.25, 0.3) is 5.91 Å². The summed E-state index contributed by atoms with van der Waals surface area (Å²) in [6.07, 6.45) is 0. The molecule has 0 spiro atoms. The Balaban J connectivity index is 1.23. The summed E-state index contributed by atoms with van der Waals surface area (Å²) in [5.41, 5.74) is 3.62. The monoisotopic (exact) mass is 449 g/mol. The molecule has 4 aromatic rings. The number of H-pyrrole nitrogens is 1. The third kappa shape index (κ3) is 4.01. The lowest BCUT2D eigenvalue weighted by Gasteiger charge is -2.36. The molecule has 7 nitrogen and oxygen atoms in total. The van der Waals surface area contributed by atoms with Crippen molar-refractivity contribution in [1.29, 1.82) is 0 Å². The van der Waals surface area contributed by atoms with Gasteiger partial charge in [-0.3, -0.25) is 9.69 Å². The van der Waals surface area contributed by atoms with Crippen LogP contribution in [0.3, 0.4) is 0 Å². The lowest BCUT2D eigenvalue weighted by atomic mass is 10.1. The Morgan fingerprint density at radius 3 is 2.59 bits per heavy atom. The molecule has 32 heavy (non-hydrogen) atoms. The van der Waals surface area contributed by atoms with Crippen LogP contribution in [0.1, 0.15) is 34.9 Å². The molecule has 8 heteroatoms. The van der Waals surface area contributed by atoms with Crippen molar-refractivity contribution in [2.24, 2.45) is 0 Å². The predicted molar refractivity (Wildman–Crippen MR) is 124 cm³/mol. The van der Waals surface area contributed by atoms with Crippen LogP contribution in [0.5, 0.6) is 0 Å². The maximum atomic E-state index is 13.0. The van der Waals surface area contributed by atoms with Crippen LogP contribution in [0, 0.1) is 6.92 Å². The highest BCUT2D eigenvalue weighted by molar-refractivity contribution is 6.31. The van der Waals surface area contributed by atoms with E-state index in [1.807, 2.05) is 60.4 Å². The van der Waals surface area contributed by atoms with Crippen molar-refractivity contribution in [1.82, 2.24) is 24.9 Å². The number of halogens is 1. The number of nitrogens with one attached hydrogen (secondary N) is 1. The SMILES string of the molecule is Cc1ccc(-c2noc(C(C)N3CCN(C(=O)c4cc5cc(Cl)ccc5[nH]4)CC3)n2)cc1. The smallest absolute Gasteiger partial charge is 0.270 e. The Kier molecular flexibility index (Phi) is 5.45. The first-order chi connectivity index (χ1) is 15.5. The fourth-order valence-electron chi connectivity index (χ4n) is 4.08. The van der Waals surface area contributed by atoms with E-state index in [1.54, 1.807) is 0 Å². The summed E-state index contributed by atoms with van der Waals surface area (Å²) in [7, 11) is 0. The highest BCUT2D eigenvalue weighted by atomic mass is 35.5. The van der Waals surface area contributed by atoms with Crippen LogP contribution in [0.15, 0.2) is 53.1 Å². The summed E-state index contributed by atoms with van der Waals surface area (Å²) in [6.45, 7) is 6.86. The fraction of sp³-hybridized carbons (Fsp3) is 0.292. The van der Waals surface area contributed by atoms with E-state index in [9.17, 15) is 4.79 Å². The van der Waals surface area contributed by atoms with Crippen molar-refractivity contribution in [2.75, 3.05) is 26.2 Å². The lowest BCUT2D eigenvalue weighted by Crippen LogP contribution is -2.49. The molecule has 5 rings (SSSR count). The fourth-order valence-corrected chi connectivity index (χ4v) is 4.26. The number of aryl methyl sites for hydroxylation is 1. The number of carbonyl (C=O) groups excluding carboxylic acids is 1. The van der Waals surface area contributed by atoms with Crippen molar-refractivity contribution in [3.05, 3.63) is 70.7 Å². The van der Waals surface area contributed by atoms with E-state index in [0.29, 0.717) is 35.5 Å². The minimum atomic E-state index is -0.0193. The third-order valence-corrected chi connectivity index (χ3v) is 6.31. The van der Waals surface area contributed by atoms with Crippen molar-refractivity contribution in [3.8, 4) is 11.4 Å². The van der Waals surface area contributed by atoms with Crippen molar-refractivity contribution < 1.29 is 9.32 Å². The van der Waals surface area contributed by atoms with Crippen LogP contribution < -0.4 is 0 Å². The van der Waals surface area contributed by atoms with Crippen LogP contribution in [0.25, 0.3) is 22.3 Å². The number of fused-ring (bicyclic) bond motifs is 1. The van der Waals surface area contributed by atoms with Crippen LogP contribution in [-0.2, 0) is 0 Å². The van der Waals surface area contributed by atoms with Gasteiger partial charge in [-0.15, -0.1) is 0 Å². The van der Waals surface area contributed by atoms with E-state index in [1.165, 1.54) is 5.56 Å². The minimum absolute atomic E-state index is 0.00377. The molecule has 1 atom stereocenters. The van der Waals surface area contributed by atoms with Crippen LogP contribution in [-0.4, -0.2) is 57.0 Å². The Bertz CT molecular complexity index is 1260. The number of nitrogens with zero attached hydrogens (tertiary/aromatic N) is 4. The van der Waals surface area contributed by atoms with Crippen LogP contribution >= 0.6 is 11.6 Å². The molecule has 164 valence electrons. The molecule has 1 N–H and O–H groups in total. The maximum Gasteiger partial charge on any atom is 0.270 e. The molecule has 1 saturated heterocycles. The van der Waals surface area contributed by atoms with Gasteiger partial charge < -0.3 is 14.4 Å². The van der Waals surface area contributed by atoms with Gasteiger partial charge in [0, 0.05) is 47.7 Å². The summed E-state index contributed by atoms with van der Waals surface area (Å²) in [4.78, 5) is 24.9. The van der Waals surface area contributed by atoms with E-state index in [-0.39, 0.29) is 11.9 Å². The van der Waals surface area contributed by atoms with Gasteiger partial charge in [-0.1, -0.05) is 46.6 Å². The predicted octanol–water partition coefficient (Wildman–Crippen LogP) is 4.70. The molecule has 0 radical (unpaired) electrons. The first-order valence-corrected chi connectivity index (χ1v) is 11.1. The van der Waals surface area contributed by atoms with Gasteiger partial charge in [-0.25, -0.2) is 0 Å². The second-order valence-electron chi connectivity index (χ2n) is 8.24. The highest BCUT2D eigenvalue weighted by Gasteiger charge is 2.28. The molecule has 1 amide bonds. The molecule has 1 aliphatic rings. The quantitative estimate of drug-likeness (QED) is 0.488. The maximum absolute atomic E-state index is 13.0. The van der Waals surface area contributed by atoms with Gasteiger partial charge in [0.2, 0.25) is 11.7 Å². The average Bonchev–Trinajstić information content (AvgIpc) is 3.46. The Labute approximate surface area is 191 Å². The van der Waals surface area contributed by atoms with Gasteiger partial charge in [-0.2, -0.15) is 4.98 Å². The summed E-state index contributed by atoms with van der Waals surface area (Å²) in [5.74, 6) is 1.19. The van der Waals surface area contributed by atoms with Gasteiger partial charge in [0.1, 0.15) is 5.69 Å². The van der Waals surface area contributed by atoms with Gasteiger partial charge in [-0.05, 0) is 38.1 Å². The zero-order chi connectivity index (χ0) is 22.2. The van der Waals surface area contributed by atoms with Gasteiger partial charge in [0.15, 0.2) is 0 Å². The zero-order valence-electron chi connectivity index (χ0n) is 18.0. The average molecular weight is 450 g/mol. The van der Waals surface area contributed by atoms with Crippen molar-refractivity contribution >= 4 is 28.4 Å². The summed E-state index contributed by atoms with van der Waals surface area (Å²) < 4.78 is 5.55. The highest BCUT2D eigenvalue weighted by Crippen LogP contribution is 2.25.